The predicted molar refractivity (Wildman–Crippen MR) is 153 cm³/mol. The lowest BCUT2D eigenvalue weighted by Crippen LogP contribution is -2.22. The fourth-order valence-electron chi connectivity index (χ4n) is 4.91. The number of aliphatic hydroxyl groups excluding tert-OH is 2. The van der Waals surface area contributed by atoms with Crippen molar-refractivity contribution in [1.82, 2.24) is 5.32 Å². The highest BCUT2D eigenvalue weighted by Gasteiger charge is 2.39. The van der Waals surface area contributed by atoms with Crippen LogP contribution in [0.2, 0.25) is 0 Å². The van der Waals surface area contributed by atoms with Gasteiger partial charge >= 0.3 is 5.97 Å². The van der Waals surface area contributed by atoms with Gasteiger partial charge in [-0.05, 0) is 69.4 Å². The first kappa shape index (κ1) is 32.1. The molecule has 6 nitrogen and oxygen atoms in total. The van der Waals surface area contributed by atoms with Gasteiger partial charge in [0, 0.05) is 37.6 Å². The van der Waals surface area contributed by atoms with Gasteiger partial charge in [-0.2, -0.15) is 0 Å². The van der Waals surface area contributed by atoms with E-state index >= 15 is 0 Å². The number of benzene rings is 1. The van der Waals surface area contributed by atoms with Gasteiger partial charge in [0.1, 0.15) is 6.10 Å². The van der Waals surface area contributed by atoms with Crippen LogP contribution in [0.25, 0.3) is 0 Å². The van der Waals surface area contributed by atoms with E-state index in [0.717, 1.165) is 38.5 Å². The number of esters is 1. The van der Waals surface area contributed by atoms with Crippen molar-refractivity contribution >= 4 is 23.5 Å². The molecule has 1 aromatic carbocycles. The Hall–Kier alpha value is -2.15. The second-order valence-electron chi connectivity index (χ2n) is 10.1. The molecule has 1 fully saturated rings. The molecule has 212 valence electrons. The van der Waals surface area contributed by atoms with Gasteiger partial charge in [-0.15, -0.1) is 11.6 Å². The molecular weight excluding hydrogens is 502 g/mol. The van der Waals surface area contributed by atoms with E-state index in [1.165, 1.54) is 5.56 Å². The number of ether oxygens (including phenoxy) is 1. The van der Waals surface area contributed by atoms with Gasteiger partial charge in [0.25, 0.3) is 0 Å². The van der Waals surface area contributed by atoms with E-state index in [4.69, 9.17) is 16.3 Å². The van der Waals surface area contributed by atoms with Crippen molar-refractivity contribution in [2.45, 2.75) is 95.9 Å². The number of nitrogens with one attached hydrogen (secondary N) is 1. The smallest absolute Gasteiger partial charge is 0.306 e. The number of rotatable bonds is 18. The minimum absolute atomic E-state index is 0.0678. The third kappa shape index (κ3) is 12.6. The maximum absolute atomic E-state index is 12.5. The number of halogens is 1. The van der Waals surface area contributed by atoms with Gasteiger partial charge < -0.3 is 20.3 Å². The first-order valence-corrected chi connectivity index (χ1v) is 14.7. The summed E-state index contributed by atoms with van der Waals surface area (Å²) in [6, 6.07) is 10.1. The summed E-state index contributed by atoms with van der Waals surface area (Å²) in [5.41, 5.74) is 1.18. The van der Waals surface area contributed by atoms with E-state index in [1.807, 2.05) is 49.4 Å². The van der Waals surface area contributed by atoms with E-state index in [0.29, 0.717) is 44.5 Å². The molecule has 3 N–H and O–H groups in total. The zero-order chi connectivity index (χ0) is 27.6. The van der Waals surface area contributed by atoms with Crippen LogP contribution in [-0.2, 0) is 20.7 Å². The Labute approximate surface area is 233 Å². The van der Waals surface area contributed by atoms with Gasteiger partial charge in [-0.3, -0.25) is 9.59 Å². The number of unbranched alkanes of at least 4 members (excludes halogenated alkanes) is 3. The molecule has 7 heteroatoms. The molecule has 38 heavy (non-hydrogen) atoms. The summed E-state index contributed by atoms with van der Waals surface area (Å²) in [5.74, 6) is 0.118. The van der Waals surface area contributed by atoms with Crippen molar-refractivity contribution in [3.63, 3.8) is 0 Å². The van der Waals surface area contributed by atoms with Crippen LogP contribution in [0.1, 0.15) is 76.7 Å². The zero-order valence-corrected chi connectivity index (χ0v) is 23.5. The van der Waals surface area contributed by atoms with Gasteiger partial charge in [-0.25, -0.2) is 0 Å². The molecule has 0 aromatic heterocycles. The number of aliphatic hydroxyl groups is 2. The summed E-state index contributed by atoms with van der Waals surface area (Å²) in [6.07, 6.45) is 13.7. The largest absolute Gasteiger partial charge is 0.458 e. The molecule has 1 amide bonds. The predicted octanol–water partition coefficient (Wildman–Crippen LogP) is 5.50. The molecule has 1 unspecified atom stereocenters. The topological polar surface area (TPSA) is 95.9 Å². The fraction of sp³-hybridized carbons (Fsp3) is 0.613. The molecule has 1 aromatic rings. The second kappa shape index (κ2) is 19.0. The summed E-state index contributed by atoms with van der Waals surface area (Å²) in [4.78, 5) is 24.1. The lowest BCUT2D eigenvalue weighted by Gasteiger charge is -2.21. The standard InChI is InChI=1S/C31H46ClNO5/c1-2-33-30(36)16-10-4-3-9-15-26-27(29(35)23-28(26)34)21-20-25(19-18-24-13-7-5-8-14-24)38-31(37)17-11-6-12-22-32/h3,5,7-9,13-14,20-21,25-29,34-35H,2,4,6,10-12,15-19,22-23H2,1H3,(H,33,36)/b9-3-,21-20?/t25?,26-,27-,28+,29-/m1/s1. The average molecular weight is 548 g/mol. The second-order valence-corrected chi connectivity index (χ2v) is 10.5. The van der Waals surface area contributed by atoms with E-state index in [-0.39, 0.29) is 23.7 Å². The van der Waals surface area contributed by atoms with E-state index in [9.17, 15) is 19.8 Å². The summed E-state index contributed by atoms with van der Waals surface area (Å²) in [5, 5.41) is 24.0. The average Bonchev–Trinajstić information content (AvgIpc) is 3.17. The number of carbonyl (C=O) groups excluding carboxylic acids is 2. The number of carbonyl (C=O) groups is 2. The number of hydrogen-bond donors (Lipinski definition) is 3. The molecule has 0 bridgehead atoms. The summed E-state index contributed by atoms with van der Waals surface area (Å²) < 4.78 is 5.82. The molecule has 2 rings (SSSR count). The number of hydrogen-bond acceptors (Lipinski definition) is 5. The Balaban J connectivity index is 1.96. The Morgan fingerprint density at radius 1 is 1.08 bits per heavy atom. The van der Waals surface area contributed by atoms with Crippen molar-refractivity contribution < 1.29 is 24.5 Å². The molecule has 0 aliphatic heterocycles. The highest BCUT2D eigenvalue weighted by molar-refractivity contribution is 6.17. The molecule has 5 atom stereocenters. The quantitative estimate of drug-likeness (QED) is 0.0976. The van der Waals surface area contributed by atoms with Crippen molar-refractivity contribution in [3.05, 3.63) is 60.2 Å². The third-order valence-corrected chi connectivity index (χ3v) is 7.31. The Bertz CT molecular complexity index is 859. The molecule has 0 spiro atoms. The van der Waals surface area contributed by atoms with Crippen LogP contribution < -0.4 is 5.32 Å². The van der Waals surface area contributed by atoms with Gasteiger partial charge in [-0.1, -0.05) is 55.0 Å². The number of allylic oxidation sites excluding steroid dienone is 2. The summed E-state index contributed by atoms with van der Waals surface area (Å²) >= 11 is 5.73. The van der Waals surface area contributed by atoms with Crippen LogP contribution >= 0.6 is 11.6 Å². The molecule has 1 saturated carbocycles. The molecule has 1 aliphatic carbocycles. The van der Waals surface area contributed by atoms with E-state index in [2.05, 4.69) is 17.4 Å². The molecule has 0 radical (unpaired) electrons. The number of aryl methyl sites for hydroxylation is 1. The van der Waals surface area contributed by atoms with Crippen LogP contribution in [-0.4, -0.2) is 52.8 Å². The number of amides is 1. The van der Waals surface area contributed by atoms with Crippen molar-refractivity contribution in [1.29, 1.82) is 0 Å². The third-order valence-electron chi connectivity index (χ3n) is 7.05. The summed E-state index contributed by atoms with van der Waals surface area (Å²) in [6.45, 7) is 2.55. The zero-order valence-electron chi connectivity index (χ0n) is 22.8. The molecule has 0 heterocycles. The maximum atomic E-state index is 12.5. The lowest BCUT2D eigenvalue weighted by molar-refractivity contribution is -0.147. The first-order valence-electron chi connectivity index (χ1n) is 14.2. The van der Waals surface area contributed by atoms with Crippen LogP contribution in [0.4, 0.5) is 0 Å². The Morgan fingerprint density at radius 3 is 2.61 bits per heavy atom. The van der Waals surface area contributed by atoms with Crippen molar-refractivity contribution in [2.75, 3.05) is 12.4 Å². The minimum Gasteiger partial charge on any atom is -0.458 e. The highest BCUT2D eigenvalue weighted by atomic mass is 35.5. The van der Waals surface area contributed by atoms with E-state index < -0.39 is 18.3 Å². The van der Waals surface area contributed by atoms with Crippen LogP contribution in [0, 0.1) is 11.8 Å². The molecule has 0 saturated heterocycles. The number of alkyl halides is 1. The van der Waals surface area contributed by atoms with Gasteiger partial charge in [0.05, 0.1) is 12.2 Å². The Morgan fingerprint density at radius 2 is 1.87 bits per heavy atom. The SMILES string of the molecule is CCNC(=O)CCC/C=C\C[C@@H]1[C@@H](C=CC(CCc2ccccc2)OC(=O)CCCCCCl)[C@H](O)C[C@@H]1O. The first-order chi connectivity index (χ1) is 18.4. The Kier molecular flexibility index (Phi) is 16.0. The normalized spacial score (nSPS) is 22.2. The molecule has 1 aliphatic rings. The fourth-order valence-corrected chi connectivity index (χ4v) is 5.10. The van der Waals surface area contributed by atoms with Crippen molar-refractivity contribution in [2.24, 2.45) is 11.8 Å². The van der Waals surface area contributed by atoms with Crippen LogP contribution in [0.3, 0.4) is 0 Å². The minimum atomic E-state index is -0.640. The lowest BCUT2D eigenvalue weighted by atomic mass is 9.89. The van der Waals surface area contributed by atoms with Crippen molar-refractivity contribution in [3.8, 4) is 0 Å². The van der Waals surface area contributed by atoms with Gasteiger partial charge in [0.2, 0.25) is 5.91 Å². The maximum Gasteiger partial charge on any atom is 0.306 e. The monoisotopic (exact) mass is 547 g/mol. The van der Waals surface area contributed by atoms with Crippen LogP contribution in [0.15, 0.2) is 54.6 Å². The molecular formula is C31H46ClNO5. The highest BCUT2D eigenvalue weighted by Crippen LogP contribution is 2.36. The van der Waals surface area contributed by atoms with Crippen LogP contribution in [0.5, 0.6) is 0 Å². The van der Waals surface area contributed by atoms with E-state index in [1.54, 1.807) is 0 Å². The summed E-state index contributed by atoms with van der Waals surface area (Å²) in [7, 11) is 0. The van der Waals surface area contributed by atoms with Gasteiger partial charge in [0.15, 0.2) is 0 Å².